The summed E-state index contributed by atoms with van der Waals surface area (Å²) in [6.45, 7) is 2.32. The van der Waals surface area contributed by atoms with Gasteiger partial charge in [-0.05, 0) is 59.3 Å². The zero-order valence-electron chi connectivity index (χ0n) is 17.4. The Morgan fingerprint density at radius 2 is 1.58 bits per heavy atom. The lowest BCUT2D eigenvalue weighted by Gasteiger charge is -2.12. The summed E-state index contributed by atoms with van der Waals surface area (Å²) in [6, 6.07) is 12.9. The fourth-order valence-electron chi connectivity index (χ4n) is 3.62. The minimum atomic E-state index is -5.19. The third-order valence-corrected chi connectivity index (χ3v) is 6.20. The molecule has 3 aromatic carbocycles. The average Bonchev–Trinajstić information content (AvgIpc) is 3.13. The summed E-state index contributed by atoms with van der Waals surface area (Å²) in [7, 11) is 0. The Labute approximate surface area is 190 Å². The molecule has 0 aliphatic rings. The van der Waals surface area contributed by atoms with Crippen molar-refractivity contribution in [2.45, 2.75) is 32.5 Å². The van der Waals surface area contributed by atoms with Crippen LogP contribution < -0.4 is 4.74 Å². The van der Waals surface area contributed by atoms with Gasteiger partial charge in [-0.1, -0.05) is 25.5 Å². The van der Waals surface area contributed by atoms with Crippen LogP contribution in [0.2, 0.25) is 0 Å². The second-order valence-electron chi connectivity index (χ2n) is 7.58. The van der Waals surface area contributed by atoms with Gasteiger partial charge in [0.2, 0.25) is 0 Å². The first-order valence-electron chi connectivity index (χ1n) is 10.2. The Bertz CT molecular complexity index is 1290. The monoisotopic (exact) mass is 480 g/mol. The summed E-state index contributed by atoms with van der Waals surface area (Å²) < 4.78 is 87.4. The van der Waals surface area contributed by atoms with Gasteiger partial charge < -0.3 is 4.74 Å². The molecule has 0 atom stereocenters. The van der Waals surface area contributed by atoms with Gasteiger partial charge in [0.15, 0.2) is 0 Å². The highest BCUT2D eigenvalue weighted by Crippen LogP contribution is 2.37. The highest BCUT2D eigenvalue weighted by Gasteiger charge is 2.38. The van der Waals surface area contributed by atoms with Crippen molar-refractivity contribution in [3.05, 3.63) is 88.1 Å². The minimum absolute atomic E-state index is 0.188. The summed E-state index contributed by atoms with van der Waals surface area (Å²) in [5.74, 6) is -4.28. The van der Waals surface area contributed by atoms with Gasteiger partial charge in [-0.25, -0.2) is 13.2 Å². The molecule has 0 amide bonds. The van der Waals surface area contributed by atoms with Crippen molar-refractivity contribution < 1.29 is 31.1 Å². The van der Waals surface area contributed by atoms with E-state index in [9.17, 15) is 26.3 Å². The molecule has 1 heterocycles. The molecule has 4 aromatic rings. The quantitative estimate of drug-likeness (QED) is 0.251. The normalized spacial score (nSPS) is 11.8. The molecule has 0 aliphatic carbocycles. The molecule has 0 fully saturated rings. The predicted molar refractivity (Wildman–Crippen MR) is 117 cm³/mol. The Morgan fingerprint density at radius 3 is 2.21 bits per heavy atom. The number of benzene rings is 3. The lowest BCUT2D eigenvalue weighted by Crippen LogP contribution is -2.11. The first-order chi connectivity index (χ1) is 15.7. The van der Waals surface area contributed by atoms with E-state index in [-0.39, 0.29) is 23.5 Å². The molecule has 0 unspecified atom stereocenters. The number of aryl methyl sites for hydroxylation is 1. The van der Waals surface area contributed by atoms with E-state index in [0.29, 0.717) is 12.1 Å². The van der Waals surface area contributed by atoms with E-state index >= 15 is 0 Å². The minimum Gasteiger partial charge on any atom is -0.488 e. The van der Waals surface area contributed by atoms with E-state index in [1.54, 1.807) is 11.3 Å². The summed E-state index contributed by atoms with van der Waals surface area (Å²) >= 11 is 1.57. The molecule has 8 heteroatoms. The van der Waals surface area contributed by atoms with Gasteiger partial charge in [-0.3, -0.25) is 0 Å². The van der Waals surface area contributed by atoms with Crippen molar-refractivity contribution in [2.75, 3.05) is 0 Å². The van der Waals surface area contributed by atoms with E-state index in [2.05, 4.69) is 25.1 Å². The van der Waals surface area contributed by atoms with Gasteiger partial charge in [-0.15, -0.1) is 11.3 Å². The Morgan fingerprint density at radius 1 is 0.848 bits per heavy atom. The van der Waals surface area contributed by atoms with E-state index in [4.69, 9.17) is 4.74 Å². The molecular weight excluding hydrogens is 462 g/mol. The molecule has 0 saturated carbocycles. The Balaban J connectivity index is 1.52. The van der Waals surface area contributed by atoms with Crippen molar-refractivity contribution >= 4 is 21.4 Å². The zero-order chi connectivity index (χ0) is 23.8. The fraction of sp³-hybridized carbons (Fsp3) is 0.200. The zero-order valence-corrected chi connectivity index (χ0v) is 18.2. The van der Waals surface area contributed by atoms with Gasteiger partial charge in [-0.2, -0.15) is 13.2 Å². The fourth-order valence-corrected chi connectivity index (χ4v) is 4.66. The molecule has 33 heavy (non-hydrogen) atoms. The van der Waals surface area contributed by atoms with Crippen LogP contribution >= 0.6 is 11.3 Å². The molecule has 172 valence electrons. The lowest BCUT2D eigenvalue weighted by molar-refractivity contribution is -0.142. The summed E-state index contributed by atoms with van der Waals surface area (Å²) in [5.41, 5.74) is -1.32. The molecule has 4 rings (SSSR count). The smallest absolute Gasteiger partial charge is 0.422 e. The number of ether oxygens (including phenoxy) is 1. The topological polar surface area (TPSA) is 9.23 Å². The first kappa shape index (κ1) is 23.2. The number of halogens is 6. The van der Waals surface area contributed by atoms with E-state index in [0.717, 1.165) is 33.9 Å². The van der Waals surface area contributed by atoms with Crippen molar-refractivity contribution in [3.63, 3.8) is 0 Å². The van der Waals surface area contributed by atoms with E-state index < -0.39 is 29.2 Å². The molecule has 0 N–H and O–H groups in total. The molecule has 0 bridgehead atoms. The van der Waals surface area contributed by atoms with Crippen molar-refractivity contribution in [3.8, 4) is 16.9 Å². The number of hydrogen-bond acceptors (Lipinski definition) is 2. The largest absolute Gasteiger partial charge is 0.488 e. The Kier molecular flexibility index (Phi) is 6.38. The molecule has 0 spiro atoms. The molecule has 0 aliphatic heterocycles. The first-order valence-corrected chi connectivity index (χ1v) is 11.0. The highest BCUT2D eigenvalue weighted by molar-refractivity contribution is 7.19. The predicted octanol–water partition coefficient (Wildman–Crippen LogP) is 8.54. The van der Waals surface area contributed by atoms with Crippen molar-refractivity contribution in [1.29, 1.82) is 0 Å². The molecule has 1 nitrogen and oxygen atoms in total. The van der Waals surface area contributed by atoms with Crippen LogP contribution in [0.5, 0.6) is 5.75 Å². The second-order valence-corrected chi connectivity index (χ2v) is 8.75. The maximum atomic E-state index is 14.6. The van der Waals surface area contributed by atoms with Crippen LogP contribution in [-0.2, 0) is 19.2 Å². The Hall–Kier alpha value is -3.00. The molecule has 1 aromatic heterocycles. The van der Waals surface area contributed by atoms with Crippen LogP contribution in [0, 0.1) is 17.5 Å². The third-order valence-electron chi connectivity index (χ3n) is 5.13. The number of fused-ring (bicyclic) bond motifs is 1. The summed E-state index contributed by atoms with van der Waals surface area (Å²) in [5, 5.41) is 1.09. The molecular formula is C25H18F6OS. The lowest BCUT2D eigenvalue weighted by atomic mass is 10.0. The van der Waals surface area contributed by atoms with Gasteiger partial charge in [0.1, 0.15) is 35.4 Å². The van der Waals surface area contributed by atoms with Crippen LogP contribution in [0.4, 0.5) is 26.3 Å². The summed E-state index contributed by atoms with van der Waals surface area (Å²) in [4.78, 5) is 0.940. The molecule has 0 saturated heterocycles. The summed E-state index contributed by atoms with van der Waals surface area (Å²) in [6.07, 6.45) is -3.13. The van der Waals surface area contributed by atoms with E-state index in [1.165, 1.54) is 17.7 Å². The third kappa shape index (κ3) is 5.00. The number of rotatable bonds is 6. The number of hydrogen-bond donors (Lipinski definition) is 0. The van der Waals surface area contributed by atoms with Gasteiger partial charge in [0.25, 0.3) is 0 Å². The maximum Gasteiger partial charge on any atom is 0.422 e. The van der Waals surface area contributed by atoms with Gasteiger partial charge >= 0.3 is 6.18 Å². The standard InChI is InChI=1S/C25H18F6OS/c1-2-3-14-4-5-15-9-18(33-23(15)8-14)13-32-17-6-7-19(20(26)12-17)16-10-21(27)24(22(28)11-16)25(29,30)31/h4-12H,2-3,13H2,1H3. The van der Waals surface area contributed by atoms with Crippen molar-refractivity contribution in [2.24, 2.45) is 0 Å². The van der Waals surface area contributed by atoms with Crippen LogP contribution in [0.1, 0.15) is 29.3 Å². The van der Waals surface area contributed by atoms with Gasteiger partial charge in [0.05, 0.1) is 0 Å². The van der Waals surface area contributed by atoms with Gasteiger partial charge in [0, 0.05) is 21.2 Å². The van der Waals surface area contributed by atoms with Crippen LogP contribution in [0.3, 0.4) is 0 Å². The maximum absolute atomic E-state index is 14.6. The van der Waals surface area contributed by atoms with Crippen LogP contribution in [0.15, 0.2) is 54.6 Å². The van der Waals surface area contributed by atoms with Crippen molar-refractivity contribution in [1.82, 2.24) is 0 Å². The van der Waals surface area contributed by atoms with Crippen LogP contribution in [0.25, 0.3) is 21.2 Å². The average molecular weight is 480 g/mol. The SMILES string of the molecule is CCCc1ccc2cc(COc3ccc(-c4cc(F)c(C(F)(F)F)c(F)c4)c(F)c3)sc2c1. The number of thiophene rings is 1. The number of alkyl halides is 3. The highest BCUT2D eigenvalue weighted by atomic mass is 32.1. The second kappa shape index (κ2) is 9.09. The van der Waals surface area contributed by atoms with Crippen LogP contribution in [-0.4, -0.2) is 0 Å². The van der Waals surface area contributed by atoms with E-state index in [1.807, 2.05) is 6.07 Å². The molecule has 0 radical (unpaired) electrons.